The number of nitrogens with one attached hydrogen (secondary N) is 1. The topological polar surface area (TPSA) is 56.4 Å². The molecule has 2 aromatic rings. The maximum Gasteiger partial charge on any atom is 1.00 e. The van der Waals surface area contributed by atoms with E-state index in [1.165, 1.54) is 5.69 Å². The monoisotopic (exact) mass is 451 g/mol. The van der Waals surface area contributed by atoms with E-state index in [1.807, 2.05) is 12.1 Å². The van der Waals surface area contributed by atoms with E-state index >= 15 is 0 Å². The number of fused-ring (bicyclic) bond motifs is 1. The van der Waals surface area contributed by atoms with E-state index in [0.717, 1.165) is 56.0 Å². The van der Waals surface area contributed by atoms with Gasteiger partial charge in [-0.15, -0.1) is 0 Å². The number of hydrogen-bond acceptors (Lipinski definition) is 4. The number of rotatable bonds is 4. The molecule has 2 aliphatic rings. The quantitative estimate of drug-likeness (QED) is 0.542. The first-order valence-corrected chi connectivity index (χ1v) is 10.2. The lowest BCUT2D eigenvalue weighted by Crippen LogP contribution is -3.00. The number of aromatic nitrogens is 1. The van der Waals surface area contributed by atoms with Crippen molar-refractivity contribution in [2.24, 2.45) is 5.41 Å². The first kappa shape index (κ1) is 24.4. The van der Waals surface area contributed by atoms with Gasteiger partial charge in [0.15, 0.2) is 5.78 Å². The first-order chi connectivity index (χ1) is 13.4. The van der Waals surface area contributed by atoms with E-state index in [0.29, 0.717) is 12.8 Å². The van der Waals surface area contributed by atoms with Gasteiger partial charge in [0.25, 0.3) is 5.56 Å². The summed E-state index contributed by atoms with van der Waals surface area (Å²) in [6.07, 6.45) is 1.99. The highest BCUT2D eigenvalue weighted by atomic mass is 35.5. The Hall–Kier alpha value is -1.82. The largest absolute Gasteiger partial charge is 1.00 e. The van der Waals surface area contributed by atoms with Gasteiger partial charge < -0.3 is 34.7 Å². The maximum atomic E-state index is 12.5. The Bertz CT molecular complexity index is 931. The van der Waals surface area contributed by atoms with Gasteiger partial charge in [0.2, 0.25) is 0 Å². The van der Waals surface area contributed by atoms with E-state index in [1.54, 1.807) is 0 Å². The molecule has 1 fully saturated rings. The molecular formula is C23H31Cl2N3O2. The molecule has 1 aliphatic heterocycles. The summed E-state index contributed by atoms with van der Waals surface area (Å²) in [6, 6.07) is 12.4. The van der Waals surface area contributed by atoms with Crippen LogP contribution in [0.25, 0.3) is 0 Å². The number of anilines is 1. The molecule has 0 spiro atoms. The van der Waals surface area contributed by atoms with Crippen LogP contribution < -0.4 is 35.3 Å². The van der Waals surface area contributed by atoms with Gasteiger partial charge in [-0.1, -0.05) is 32.0 Å². The zero-order chi connectivity index (χ0) is 19.7. The predicted octanol–water partition coefficient (Wildman–Crippen LogP) is -2.87. The van der Waals surface area contributed by atoms with Crippen LogP contribution in [0, 0.1) is 5.41 Å². The number of aromatic amines is 1. The number of H-pyrrole nitrogens is 1. The number of hydrogen-bond donors (Lipinski definition) is 1. The standard InChI is InChI=1S/C23H29N3O2.2ClH/c1-23(2)15-20-19(21(27)16-23)14-17(22(28)24-20)8-9-25-10-12-26(13-11-25)18-6-4-3-5-7-18;;/h3-7,14H,8-13,15-16H2,1-2H3,(H,24,28);2*1H. The molecule has 2 heterocycles. The fourth-order valence-corrected chi connectivity index (χ4v) is 4.40. The van der Waals surface area contributed by atoms with Crippen molar-refractivity contribution >= 4 is 11.5 Å². The molecule has 5 nitrogen and oxygen atoms in total. The van der Waals surface area contributed by atoms with Gasteiger partial charge in [-0.3, -0.25) is 14.5 Å². The fraction of sp³-hybridized carbons (Fsp3) is 0.478. The van der Waals surface area contributed by atoms with Crippen molar-refractivity contribution < 1.29 is 32.5 Å². The molecule has 0 atom stereocenters. The van der Waals surface area contributed by atoms with E-state index in [4.69, 9.17) is 0 Å². The summed E-state index contributed by atoms with van der Waals surface area (Å²) in [6.45, 7) is 8.99. The second-order valence-corrected chi connectivity index (χ2v) is 8.87. The molecule has 4 rings (SSSR count). The van der Waals surface area contributed by atoms with Gasteiger partial charge in [-0.25, -0.2) is 0 Å². The predicted molar refractivity (Wildman–Crippen MR) is 115 cm³/mol. The minimum atomic E-state index is -0.0764. The Balaban J connectivity index is 0.00000240. The van der Waals surface area contributed by atoms with Gasteiger partial charge in [-0.05, 0) is 36.5 Å². The third-order valence-corrected chi connectivity index (χ3v) is 5.99. The smallest absolute Gasteiger partial charge is 1.00 e. The number of carbonyl (C=O) groups is 1. The van der Waals surface area contributed by atoms with Crippen LogP contribution in [-0.4, -0.2) is 48.4 Å². The first-order valence-electron chi connectivity index (χ1n) is 10.2. The van der Waals surface area contributed by atoms with Crippen LogP contribution in [0.2, 0.25) is 0 Å². The molecule has 1 saturated heterocycles. The lowest BCUT2D eigenvalue weighted by Gasteiger charge is -2.36. The third kappa shape index (κ3) is 5.45. The Labute approximate surface area is 193 Å². The Kier molecular flexibility index (Phi) is 8.14. The highest BCUT2D eigenvalue weighted by Gasteiger charge is 2.32. The molecule has 1 aromatic carbocycles. The second-order valence-electron chi connectivity index (χ2n) is 8.87. The van der Waals surface area contributed by atoms with Gasteiger partial charge >= 0.3 is 2.85 Å². The highest BCUT2D eigenvalue weighted by Crippen LogP contribution is 2.33. The van der Waals surface area contributed by atoms with Crippen molar-refractivity contribution in [3.63, 3.8) is 0 Å². The summed E-state index contributed by atoms with van der Waals surface area (Å²) < 4.78 is 0. The molecule has 0 saturated carbocycles. The number of ketones is 1. The zero-order valence-corrected chi connectivity index (χ0v) is 19.1. The average Bonchev–Trinajstić information content (AvgIpc) is 2.67. The number of halogens is 2. The van der Waals surface area contributed by atoms with Crippen LogP contribution in [0.15, 0.2) is 41.2 Å². The number of carbonyl (C=O) groups excluding carboxylic acids is 1. The van der Waals surface area contributed by atoms with Gasteiger partial charge in [0.05, 0.1) is 0 Å². The summed E-state index contributed by atoms with van der Waals surface area (Å²) >= 11 is 0. The van der Waals surface area contributed by atoms with Crippen molar-refractivity contribution in [2.45, 2.75) is 33.1 Å². The summed E-state index contributed by atoms with van der Waals surface area (Å²) in [5.74, 6) is 0.153. The summed E-state index contributed by atoms with van der Waals surface area (Å²) in [5.41, 5.74) is 3.43. The number of Topliss-reactive ketones (excluding diaryl/α,β-unsaturated/α-hetero) is 1. The van der Waals surface area contributed by atoms with Crippen molar-refractivity contribution in [2.75, 3.05) is 37.6 Å². The van der Waals surface area contributed by atoms with Crippen molar-refractivity contribution in [1.29, 1.82) is 0 Å². The molecule has 30 heavy (non-hydrogen) atoms. The zero-order valence-electron chi connectivity index (χ0n) is 19.6. The molecule has 0 bridgehead atoms. The Morgan fingerprint density at radius 2 is 1.67 bits per heavy atom. The minimum absolute atomic E-state index is 0. The van der Waals surface area contributed by atoms with Gasteiger partial charge in [0.1, 0.15) is 0 Å². The molecule has 1 aromatic heterocycles. The van der Waals surface area contributed by atoms with E-state index < -0.39 is 0 Å². The lowest BCUT2D eigenvalue weighted by atomic mass is 9.75. The summed E-state index contributed by atoms with van der Waals surface area (Å²) in [5, 5.41) is 0. The summed E-state index contributed by atoms with van der Waals surface area (Å²) in [7, 11) is 0. The van der Waals surface area contributed by atoms with Crippen molar-refractivity contribution in [3.8, 4) is 0 Å². The molecule has 0 amide bonds. The van der Waals surface area contributed by atoms with E-state index in [9.17, 15) is 9.59 Å². The van der Waals surface area contributed by atoms with Gasteiger partial charge in [0, 0.05) is 61.7 Å². The number of piperazine rings is 1. The minimum Gasteiger partial charge on any atom is -1.00 e. The summed E-state index contributed by atoms with van der Waals surface area (Å²) in [4.78, 5) is 32.8. The molecule has 7 heteroatoms. The average molecular weight is 452 g/mol. The molecule has 0 unspecified atom stereocenters. The van der Waals surface area contributed by atoms with Crippen LogP contribution >= 0.6 is 0 Å². The van der Waals surface area contributed by atoms with Crippen molar-refractivity contribution in [1.82, 2.24) is 9.88 Å². The molecular weight excluding hydrogens is 421 g/mol. The Morgan fingerprint density at radius 1 is 1.00 bits per heavy atom. The van der Waals surface area contributed by atoms with Crippen LogP contribution in [0.5, 0.6) is 0 Å². The van der Waals surface area contributed by atoms with Crippen LogP contribution in [0.4, 0.5) is 5.69 Å². The number of nitrogens with zero attached hydrogens (tertiary/aromatic N) is 2. The van der Waals surface area contributed by atoms with Crippen LogP contribution in [0.1, 0.15) is 44.7 Å². The van der Waals surface area contributed by atoms with Crippen LogP contribution in [-0.2, 0) is 12.8 Å². The SMILES string of the molecule is CC1(C)CC(=O)c2cc(CCN3CCN(c4ccccc4)CC3)c(=O)[nH]c2C1.[Cl-].[Cl-].[H+].[H+]. The molecule has 1 N–H and O–H groups in total. The number of benzene rings is 1. The molecule has 0 radical (unpaired) electrons. The molecule has 1 aliphatic carbocycles. The fourth-order valence-electron chi connectivity index (χ4n) is 4.40. The molecule has 164 valence electrons. The van der Waals surface area contributed by atoms with Crippen molar-refractivity contribution in [3.05, 3.63) is 63.6 Å². The van der Waals surface area contributed by atoms with E-state index in [2.05, 4.69) is 52.9 Å². The lowest BCUT2D eigenvalue weighted by molar-refractivity contribution is -0.00100. The maximum absolute atomic E-state index is 12.5. The van der Waals surface area contributed by atoms with Crippen LogP contribution in [0.3, 0.4) is 0 Å². The Morgan fingerprint density at radius 3 is 2.33 bits per heavy atom. The number of para-hydroxylation sites is 1. The normalized spacial score (nSPS) is 18.2. The highest BCUT2D eigenvalue weighted by molar-refractivity contribution is 5.98. The second kappa shape index (κ2) is 9.99. The number of pyridine rings is 1. The van der Waals surface area contributed by atoms with Gasteiger partial charge in [-0.2, -0.15) is 0 Å². The third-order valence-electron chi connectivity index (χ3n) is 5.99. The van der Waals surface area contributed by atoms with E-state index in [-0.39, 0.29) is 44.4 Å².